The number of aliphatic imine (C=N–C) groups is 2. The number of aryl methyl sites for hydroxylation is 1. The summed E-state index contributed by atoms with van der Waals surface area (Å²) >= 11 is 0. The highest BCUT2D eigenvalue weighted by molar-refractivity contribution is 6.15. The van der Waals surface area contributed by atoms with Crippen LogP contribution in [-0.4, -0.2) is 72.9 Å². The molecule has 65 heavy (non-hydrogen) atoms. The molecule has 1 fully saturated rings. The molecule has 5 heterocycles. The fraction of sp³-hybridized carbons (Fsp3) is 0.260. The summed E-state index contributed by atoms with van der Waals surface area (Å²) in [5.74, 6) is -0.307. The van der Waals surface area contributed by atoms with Crippen LogP contribution in [0.5, 0.6) is 23.0 Å². The van der Waals surface area contributed by atoms with Crippen LogP contribution in [0.25, 0.3) is 0 Å². The summed E-state index contributed by atoms with van der Waals surface area (Å²) in [6, 6.07) is 27.9. The highest BCUT2D eigenvalue weighted by Crippen LogP contribution is 2.42. The predicted octanol–water partition coefficient (Wildman–Crippen LogP) is 7.50. The number of hydrogen-bond donors (Lipinski definition) is 0. The molecule has 0 aromatic heterocycles. The topological polar surface area (TPSA) is 166 Å². The molecule has 0 N–H and O–H groups in total. The number of hydrogen-bond acceptors (Lipinski definition) is 12. The number of methoxy groups -OCH3 is 1. The van der Waals surface area contributed by atoms with Crippen molar-refractivity contribution in [2.24, 2.45) is 9.98 Å². The lowest BCUT2D eigenvalue weighted by molar-refractivity contribution is -0.197. The van der Waals surface area contributed by atoms with Crippen molar-refractivity contribution < 1.29 is 47.8 Å². The maximum Gasteiger partial charge on any atom is 0.333 e. The van der Waals surface area contributed by atoms with Crippen LogP contribution < -0.4 is 28.7 Å². The third kappa shape index (κ3) is 7.94. The van der Waals surface area contributed by atoms with Crippen LogP contribution in [0.3, 0.4) is 0 Å². The number of imide groups is 1. The lowest BCUT2D eigenvalue weighted by Gasteiger charge is -2.22. The summed E-state index contributed by atoms with van der Waals surface area (Å²) in [7, 11) is 1.52. The molecule has 0 spiro atoms. The Balaban J connectivity index is 0.872. The molecule has 15 heteroatoms. The Morgan fingerprint density at radius 1 is 0.662 bits per heavy atom. The molecule has 10 rings (SSSR count). The predicted molar refractivity (Wildman–Crippen MR) is 239 cm³/mol. The van der Waals surface area contributed by atoms with Crippen LogP contribution in [0.2, 0.25) is 0 Å². The SMILES string of the molecule is COc1cc2c(cc1OCc1cc(COc3cc4c(cc3C)C(=O)N3c5ccccc5C[C@H]3C=N4)cc(OCCCC(=O)ON3C(=O)CCC3=O)c1)N=C[C@@H]1Cc3ccccc3N1C2=O. The third-order valence-electron chi connectivity index (χ3n) is 12.1. The second kappa shape index (κ2) is 17.1. The Kier molecular flexibility index (Phi) is 10.8. The largest absolute Gasteiger partial charge is 0.494 e. The fourth-order valence-corrected chi connectivity index (χ4v) is 8.90. The molecule has 328 valence electrons. The molecule has 15 nitrogen and oxygen atoms in total. The highest BCUT2D eigenvalue weighted by Gasteiger charge is 2.38. The van der Waals surface area contributed by atoms with Crippen molar-refractivity contribution in [1.29, 1.82) is 0 Å². The van der Waals surface area contributed by atoms with Gasteiger partial charge in [0, 0.05) is 61.6 Å². The van der Waals surface area contributed by atoms with Crippen molar-refractivity contribution in [1.82, 2.24) is 5.06 Å². The smallest absolute Gasteiger partial charge is 0.333 e. The van der Waals surface area contributed by atoms with E-state index in [9.17, 15) is 24.0 Å². The first-order chi connectivity index (χ1) is 31.6. The van der Waals surface area contributed by atoms with Crippen molar-refractivity contribution in [3.05, 3.63) is 130 Å². The number of ether oxygens (including phenoxy) is 4. The molecular formula is C50H43N5O10. The minimum atomic E-state index is -0.716. The molecule has 0 unspecified atom stereocenters. The monoisotopic (exact) mass is 873 g/mol. The van der Waals surface area contributed by atoms with Crippen LogP contribution in [0, 0.1) is 6.92 Å². The molecule has 0 saturated carbocycles. The van der Waals surface area contributed by atoms with E-state index in [1.54, 1.807) is 29.3 Å². The summed E-state index contributed by atoms with van der Waals surface area (Å²) in [5.41, 5.74) is 8.07. The Hall–Kier alpha value is -7.81. The van der Waals surface area contributed by atoms with Gasteiger partial charge in [0.2, 0.25) is 0 Å². The van der Waals surface area contributed by atoms with Crippen LogP contribution >= 0.6 is 0 Å². The lowest BCUT2D eigenvalue weighted by Crippen LogP contribution is -2.37. The lowest BCUT2D eigenvalue weighted by atomic mass is 10.1. The van der Waals surface area contributed by atoms with Crippen LogP contribution in [-0.2, 0) is 45.3 Å². The van der Waals surface area contributed by atoms with E-state index in [-0.39, 0.29) is 69.4 Å². The van der Waals surface area contributed by atoms with Gasteiger partial charge in [-0.05, 0) is 83.6 Å². The fourth-order valence-electron chi connectivity index (χ4n) is 8.90. The Morgan fingerprint density at radius 2 is 1.22 bits per heavy atom. The van der Waals surface area contributed by atoms with E-state index < -0.39 is 17.8 Å². The molecule has 4 amide bonds. The number of para-hydroxylation sites is 2. The molecule has 1 saturated heterocycles. The van der Waals surface area contributed by atoms with Crippen molar-refractivity contribution in [2.75, 3.05) is 23.5 Å². The molecule has 2 atom stereocenters. The second-order valence-electron chi connectivity index (χ2n) is 16.4. The molecular weight excluding hydrogens is 831 g/mol. The average molecular weight is 874 g/mol. The number of anilines is 2. The highest BCUT2D eigenvalue weighted by atomic mass is 16.7. The van der Waals surface area contributed by atoms with Crippen LogP contribution in [0.1, 0.15) is 74.2 Å². The van der Waals surface area contributed by atoms with Gasteiger partial charge in [0.25, 0.3) is 23.6 Å². The first-order valence-corrected chi connectivity index (χ1v) is 21.5. The van der Waals surface area contributed by atoms with Gasteiger partial charge in [0.15, 0.2) is 11.5 Å². The van der Waals surface area contributed by atoms with Crippen molar-refractivity contribution in [3.8, 4) is 23.0 Å². The Bertz CT molecular complexity index is 2860. The molecule has 0 aliphatic carbocycles. The molecule has 5 aliphatic rings. The second-order valence-corrected chi connectivity index (χ2v) is 16.4. The Morgan fingerprint density at radius 3 is 1.82 bits per heavy atom. The van der Waals surface area contributed by atoms with E-state index in [0.717, 1.165) is 39.2 Å². The van der Waals surface area contributed by atoms with Gasteiger partial charge in [0.1, 0.15) is 24.7 Å². The standard InChI is InChI=1S/C50H43N5O10/c1-29-16-37-39(51-25-34-20-32-8-3-5-10-41(32)53(34)49(37)59)23-43(29)63-27-30-17-31(19-36(18-30)62-15-7-12-48(58)65-55-46(56)13-14-47(55)57)28-64-45-24-40-38(22-44(45)61-2)50(60)54-35(26-52-40)21-33-9-4-6-11-42(33)54/h3-6,8-11,16-19,22-26,34-35H,7,12-15,20-21,27-28H2,1-2H3/t34-,35-/m0/s1. The van der Waals surface area contributed by atoms with E-state index in [0.29, 0.717) is 63.4 Å². The van der Waals surface area contributed by atoms with Gasteiger partial charge in [-0.15, -0.1) is 5.06 Å². The minimum Gasteiger partial charge on any atom is -0.494 e. The first kappa shape index (κ1) is 41.2. The van der Waals surface area contributed by atoms with Gasteiger partial charge >= 0.3 is 5.97 Å². The number of benzene rings is 5. The maximum atomic E-state index is 14.0. The number of hydroxylamine groups is 2. The summed E-state index contributed by atoms with van der Waals surface area (Å²) in [6.45, 7) is 2.19. The van der Waals surface area contributed by atoms with Crippen LogP contribution in [0.4, 0.5) is 22.7 Å². The quantitative estimate of drug-likeness (QED) is 0.0854. The van der Waals surface area contributed by atoms with E-state index in [2.05, 4.69) is 0 Å². The zero-order valence-electron chi connectivity index (χ0n) is 35.7. The van der Waals surface area contributed by atoms with E-state index in [1.165, 1.54) is 7.11 Å². The summed E-state index contributed by atoms with van der Waals surface area (Å²) in [5, 5.41) is 0.530. The van der Waals surface area contributed by atoms with Gasteiger partial charge in [-0.3, -0.25) is 39.0 Å². The molecule has 5 aliphatic heterocycles. The van der Waals surface area contributed by atoms with Crippen molar-refractivity contribution >= 4 is 64.8 Å². The van der Waals surface area contributed by atoms with E-state index in [4.69, 9.17) is 33.8 Å². The van der Waals surface area contributed by atoms with Crippen LogP contribution in [0.15, 0.2) is 101 Å². The van der Waals surface area contributed by atoms with E-state index in [1.807, 2.05) is 90.8 Å². The number of rotatable bonds is 13. The zero-order valence-corrected chi connectivity index (χ0v) is 35.7. The average Bonchev–Trinajstić information content (AvgIpc) is 3.93. The zero-order chi connectivity index (χ0) is 44.8. The van der Waals surface area contributed by atoms with Gasteiger partial charge < -0.3 is 23.8 Å². The van der Waals surface area contributed by atoms with Crippen molar-refractivity contribution in [2.45, 2.75) is 70.7 Å². The molecule has 0 bridgehead atoms. The Labute approximate surface area is 373 Å². The number of carbonyl (C=O) groups is 5. The maximum absolute atomic E-state index is 14.0. The molecule has 0 radical (unpaired) electrons. The number of fused-ring (bicyclic) bond motifs is 8. The van der Waals surface area contributed by atoms with E-state index >= 15 is 0 Å². The number of nitrogens with zero attached hydrogens (tertiary/aromatic N) is 5. The summed E-state index contributed by atoms with van der Waals surface area (Å²) < 4.78 is 24.7. The third-order valence-corrected chi connectivity index (χ3v) is 12.1. The first-order valence-electron chi connectivity index (χ1n) is 21.5. The summed E-state index contributed by atoms with van der Waals surface area (Å²) in [6.07, 6.45) is 5.17. The van der Waals surface area contributed by atoms with Crippen molar-refractivity contribution in [3.63, 3.8) is 0 Å². The number of amides is 4. The normalized spacial score (nSPS) is 17.7. The van der Waals surface area contributed by atoms with Gasteiger partial charge in [-0.25, -0.2) is 4.79 Å². The molecule has 5 aromatic rings. The van der Waals surface area contributed by atoms with Gasteiger partial charge in [-0.1, -0.05) is 36.4 Å². The molecule has 5 aromatic carbocycles. The van der Waals surface area contributed by atoms with Gasteiger partial charge in [0.05, 0.1) is 54.7 Å². The summed E-state index contributed by atoms with van der Waals surface area (Å²) in [4.78, 5) is 82.2. The number of carbonyl (C=O) groups excluding carboxylic acids is 5. The van der Waals surface area contributed by atoms with Gasteiger partial charge in [-0.2, -0.15) is 0 Å². The minimum absolute atomic E-state index is 0.0110.